The molecule has 0 bridgehead atoms. The molecule has 0 aliphatic carbocycles. The summed E-state index contributed by atoms with van der Waals surface area (Å²) in [7, 11) is 2.11. The molecule has 0 spiro atoms. The number of hydrogen-bond acceptors (Lipinski definition) is 2. The third kappa shape index (κ3) is 5.08. The van der Waals surface area contributed by atoms with Crippen molar-refractivity contribution in [3.63, 3.8) is 0 Å². The molecule has 1 saturated heterocycles. The summed E-state index contributed by atoms with van der Waals surface area (Å²) < 4.78 is 0. The Bertz CT molecular complexity index is 1360. The largest absolute Gasteiger partial charge is 0.361 e. The molecule has 4 nitrogen and oxygen atoms in total. The van der Waals surface area contributed by atoms with Crippen molar-refractivity contribution in [1.29, 1.82) is 0 Å². The number of likely N-dealkylation sites (N-methyl/N-ethyl adjacent to an activating group) is 1. The molecule has 192 valence electrons. The van der Waals surface area contributed by atoms with E-state index < -0.39 is 0 Å². The van der Waals surface area contributed by atoms with E-state index in [0.717, 1.165) is 18.4 Å². The molecule has 0 unspecified atom stereocenters. The number of carbonyl (C=O) groups excluding carboxylic acids is 1. The number of aryl methyl sites for hydroxylation is 1. The zero-order chi connectivity index (χ0) is 26.2. The summed E-state index contributed by atoms with van der Waals surface area (Å²) in [6.07, 6.45) is 4.57. The molecule has 1 amide bonds. The fraction of sp³-hybridized carbons (Fsp3) is 0.364. The van der Waals surface area contributed by atoms with Gasteiger partial charge in [-0.05, 0) is 65.6 Å². The molecule has 3 aromatic carbocycles. The van der Waals surface area contributed by atoms with Gasteiger partial charge >= 0.3 is 0 Å². The highest BCUT2D eigenvalue weighted by Crippen LogP contribution is 2.36. The minimum Gasteiger partial charge on any atom is -0.361 e. The van der Waals surface area contributed by atoms with Gasteiger partial charge in [0.2, 0.25) is 5.91 Å². The molecule has 2 atom stereocenters. The van der Waals surface area contributed by atoms with Gasteiger partial charge < -0.3 is 9.88 Å². The van der Waals surface area contributed by atoms with Gasteiger partial charge in [0.1, 0.15) is 6.17 Å². The van der Waals surface area contributed by atoms with E-state index in [2.05, 4.69) is 122 Å². The number of fused-ring (bicyclic) bond motifs is 1. The summed E-state index contributed by atoms with van der Waals surface area (Å²) >= 11 is 0. The van der Waals surface area contributed by atoms with Gasteiger partial charge in [-0.3, -0.25) is 9.69 Å². The average Bonchev–Trinajstić information content (AvgIpc) is 3.41. The summed E-state index contributed by atoms with van der Waals surface area (Å²) in [5, 5.41) is 1.20. The van der Waals surface area contributed by atoms with Gasteiger partial charge in [-0.1, -0.05) is 94.4 Å². The smallest absolute Gasteiger partial charge is 0.241 e. The van der Waals surface area contributed by atoms with Gasteiger partial charge in [-0.25, -0.2) is 0 Å². The van der Waals surface area contributed by atoms with Crippen molar-refractivity contribution in [1.82, 2.24) is 14.8 Å². The number of carbonyl (C=O) groups is 1. The lowest BCUT2D eigenvalue weighted by Crippen LogP contribution is -2.33. The quantitative estimate of drug-likeness (QED) is 0.313. The topological polar surface area (TPSA) is 39.3 Å². The van der Waals surface area contributed by atoms with Crippen LogP contribution in [0.5, 0.6) is 0 Å². The minimum absolute atomic E-state index is 0.0772. The standard InChI is InChI=1S/C33H39N3O/c1-6-23-11-13-24(14-12-23)19-20-36-31(25-15-17-27(18-16-25)33(2,3)4)35(5)30(32(36)37)21-26-22-34-29-10-8-7-9-28(26)29/h7-18,22,30-31,34H,6,19-21H2,1-5H3/t30-,31+/m0/s1. The Hall–Kier alpha value is -3.37. The van der Waals surface area contributed by atoms with Crippen LogP contribution in [0.4, 0.5) is 0 Å². The molecule has 37 heavy (non-hydrogen) atoms. The van der Waals surface area contributed by atoms with E-state index in [4.69, 9.17) is 0 Å². The van der Waals surface area contributed by atoms with Crippen molar-refractivity contribution >= 4 is 16.8 Å². The molecule has 1 aromatic heterocycles. The summed E-state index contributed by atoms with van der Waals surface area (Å²) in [5.74, 6) is 0.211. The fourth-order valence-corrected chi connectivity index (χ4v) is 5.61. The van der Waals surface area contributed by atoms with Crippen LogP contribution in [0, 0.1) is 0 Å². The molecular weight excluding hydrogens is 454 g/mol. The SMILES string of the molecule is CCc1ccc(CCN2C(=O)[C@H](Cc3c[nH]c4ccccc34)N(C)[C@H]2c2ccc(C(C)(C)C)cc2)cc1. The van der Waals surface area contributed by atoms with E-state index >= 15 is 0 Å². The van der Waals surface area contributed by atoms with Crippen molar-refractivity contribution in [3.05, 3.63) is 107 Å². The number of H-pyrrole nitrogens is 1. The second-order valence-electron chi connectivity index (χ2n) is 11.4. The summed E-state index contributed by atoms with van der Waals surface area (Å²) in [4.78, 5) is 21.7. The Balaban J connectivity index is 1.44. The Kier molecular flexibility index (Phi) is 6.96. The normalized spacial score (nSPS) is 18.7. The number of nitrogens with one attached hydrogen (secondary N) is 1. The third-order valence-corrected chi connectivity index (χ3v) is 7.98. The zero-order valence-electron chi connectivity index (χ0n) is 22.8. The van der Waals surface area contributed by atoms with Gasteiger partial charge in [0.25, 0.3) is 0 Å². The lowest BCUT2D eigenvalue weighted by molar-refractivity contribution is -0.130. The van der Waals surface area contributed by atoms with E-state index in [0.29, 0.717) is 13.0 Å². The molecule has 1 fully saturated rings. The second-order valence-corrected chi connectivity index (χ2v) is 11.4. The molecule has 4 heteroatoms. The maximum atomic E-state index is 14.0. The van der Waals surface area contributed by atoms with Crippen molar-refractivity contribution in [2.24, 2.45) is 0 Å². The number of hydrogen-bond donors (Lipinski definition) is 1. The van der Waals surface area contributed by atoms with Crippen LogP contribution in [0.25, 0.3) is 10.9 Å². The molecule has 1 aliphatic heterocycles. The van der Waals surface area contributed by atoms with Crippen LogP contribution in [0.3, 0.4) is 0 Å². The van der Waals surface area contributed by atoms with E-state index in [1.54, 1.807) is 0 Å². The van der Waals surface area contributed by atoms with Crippen molar-refractivity contribution in [2.75, 3.05) is 13.6 Å². The lowest BCUT2D eigenvalue weighted by Gasteiger charge is -2.30. The summed E-state index contributed by atoms with van der Waals surface area (Å²) in [6, 6.07) is 25.8. The van der Waals surface area contributed by atoms with Crippen LogP contribution in [0.1, 0.15) is 61.7 Å². The van der Waals surface area contributed by atoms with Crippen LogP contribution < -0.4 is 0 Å². The highest BCUT2D eigenvalue weighted by atomic mass is 16.2. The second kappa shape index (κ2) is 10.2. The number of amides is 1. The van der Waals surface area contributed by atoms with Gasteiger partial charge in [0, 0.05) is 23.6 Å². The van der Waals surface area contributed by atoms with Gasteiger partial charge in [-0.2, -0.15) is 0 Å². The average molecular weight is 494 g/mol. The van der Waals surface area contributed by atoms with Crippen molar-refractivity contribution < 1.29 is 4.79 Å². The van der Waals surface area contributed by atoms with Gasteiger partial charge in [0.15, 0.2) is 0 Å². The Morgan fingerprint density at radius 1 is 0.892 bits per heavy atom. The molecule has 4 aromatic rings. The fourth-order valence-electron chi connectivity index (χ4n) is 5.61. The van der Waals surface area contributed by atoms with Crippen LogP contribution in [-0.2, 0) is 29.5 Å². The highest BCUT2D eigenvalue weighted by molar-refractivity contribution is 5.87. The van der Waals surface area contributed by atoms with Gasteiger partial charge in [0.05, 0.1) is 6.04 Å². The Morgan fingerprint density at radius 3 is 2.24 bits per heavy atom. The predicted molar refractivity (Wildman–Crippen MR) is 153 cm³/mol. The zero-order valence-corrected chi connectivity index (χ0v) is 22.8. The molecule has 5 rings (SSSR count). The first-order valence-corrected chi connectivity index (χ1v) is 13.5. The minimum atomic E-state index is -0.200. The van der Waals surface area contributed by atoms with E-state index in [-0.39, 0.29) is 23.5 Å². The predicted octanol–water partition coefficient (Wildman–Crippen LogP) is 6.65. The molecule has 2 heterocycles. The number of para-hydroxylation sites is 1. The number of nitrogens with zero attached hydrogens (tertiary/aromatic N) is 2. The van der Waals surface area contributed by atoms with Crippen LogP contribution in [0.2, 0.25) is 0 Å². The van der Waals surface area contributed by atoms with E-state index in [1.165, 1.54) is 33.2 Å². The Morgan fingerprint density at radius 2 is 1.57 bits per heavy atom. The number of aromatic nitrogens is 1. The van der Waals surface area contributed by atoms with Gasteiger partial charge in [-0.15, -0.1) is 0 Å². The first kappa shape index (κ1) is 25.3. The van der Waals surface area contributed by atoms with Crippen molar-refractivity contribution in [2.45, 2.75) is 64.6 Å². The number of aromatic amines is 1. The summed E-state index contributed by atoms with van der Waals surface area (Å²) in [6.45, 7) is 9.59. The maximum absolute atomic E-state index is 14.0. The maximum Gasteiger partial charge on any atom is 0.241 e. The number of rotatable bonds is 7. The third-order valence-electron chi connectivity index (χ3n) is 7.98. The first-order chi connectivity index (χ1) is 17.8. The molecular formula is C33H39N3O. The Labute approximate surface area is 221 Å². The number of benzene rings is 3. The van der Waals surface area contributed by atoms with Crippen LogP contribution in [0.15, 0.2) is 79.0 Å². The monoisotopic (exact) mass is 493 g/mol. The molecule has 0 saturated carbocycles. The highest BCUT2D eigenvalue weighted by Gasteiger charge is 2.44. The van der Waals surface area contributed by atoms with Crippen LogP contribution >= 0.6 is 0 Å². The summed E-state index contributed by atoms with van der Waals surface area (Å²) in [5.41, 5.74) is 7.50. The van der Waals surface area contributed by atoms with E-state index in [1.807, 2.05) is 6.07 Å². The molecule has 0 radical (unpaired) electrons. The molecule has 1 N–H and O–H groups in total. The first-order valence-electron chi connectivity index (χ1n) is 13.5. The molecule has 1 aliphatic rings. The van der Waals surface area contributed by atoms with E-state index in [9.17, 15) is 4.79 Å². The van der Waals surface area contributed by atoms with Crippen molar-refractivity contribution in [3.8, 4) is 0 Å². The van der Waals surface area contributed by atoms with Crippen LogP contribution in [-0.4, -0.2) is 40.3 Å². The lowest BCUT2D eigenvalue weighted by atomic mass is 9.86.